The van der Waals surface area contributed by atoms with Crippen molar-refractivity contribution in [3.63, 3.8) is 0 Å². The summed E-state index contributed by atoms with van der Waals surface area (Å²) in [6, 6.07) is 4.94. The Kier molecular flexibility index (Phi) is 6.49. The first-order valence-electron chi connectivity index (χ1n) is 9.19. The largest absolute Gasteiger partial charge is 0.573 e. The molecule has 3 heterocycles. The number of nitrogens with one attached hydrogen (secondary N) is 1. The van der Waals surface area contributed by atoms with Crippen molar-refractivity contribution in [3.05, 3.63) is 51.4 Å². The van der Waals surface area contributed by atoms with E-state index < -0.39 is 12.1 Å². The molecule has 0 radical (unpaired) electrons. The van der Waals surface area contributed by atoms with Crippen molar-refractivity contribution in [2.24, 2.45) is 0 Å². The van der Waals surface area contributed by atoms with E-state index in [2.05, 4.69) is 20.0 Å². The summed E-state index contributed by atoms with van der Waals surface area (Å²) >= 11 is 3.76. The molecule has 4 rings (SSSR count). The molecule has 1 N–H and O–H groups in total. The molecule has 0 fully saturated rings. The summed E-state index contributed by atoms with van der Waals surface area (Å²) in [6.45, 7) is 1.82. The van der Waals surface area contributed by atoms with Gasteiger partial charge in [0.15, 0.2) is 10.3 Å². The zero-order chi connectivity index (χ0) is 22.9. The quantitative estimate of drug-likeness (QED) is 0.400. The first kappa shape index (κ1) is 22.7. The Bertz CT molecular complexity index is 1210. The summed E-state index contributed by atoms with van der Waals surface area (Å²) in [6.07, 6.45) is -4.18. The van der Waals surface area contributed by atoms with Crippen LogP contribution in [0, 0.1) is 6.92 Å². The highest BCUT2D eigenvalue weighted by molar-refractivity contribution is 8.00. The van der Waals surface area contributed by atoms with Crippen LogP contribution in [-0.4, -0.2) is 38.3 Å². The minimum absolute atomic E-state index is 0.0216. The molecular weight excluding hydrogens is 485 g/mol. The summed E-state index contributed by atoms with van der Waals surface area (Å²) in [7, 11) is 0. The molecule has 0 bridgehead atoms. The Labute approximate surface area is 192 Å². The first-order valence-corrected chi connectivity index (χ1v) is 12.0. The fraction of sp³-hybridized carbons (Fsp3) is 0.263. The lowest BCUT2D eigenvalue weighted by molar-refractivity contribution is -0.274. The number of carbonyl (C=O) groups is 1. The van der Waals surface area contributed by atoms with Crippen molar-refractivity contribution in [3.8, 4) is 11.4 Å². The van der Waals surface area contributed by atoms with Gasteiger partial charge in [0, 0.05) is 17.6 Å². The van der Waals surface area contributed by atoms with Crippen LogP contribution in [0.1, 0.15) is 11.4 Å². The summed E-state index contributed by atoms with van der Waals surface area (Å²) in [5.41, 5.74) is 1.46. The number of alkyl halides is 3. The van der Waals surface area contributed by atoms with Gasteiger partial charge in [0.2, 0.25) is 5.91 Å². The van der Waals surface area contributed by atoms with E-state index in [-0.39, 0.29) is 22.4 Å². The van der Waals surface area contributed by atoms with Crippen LogP contribution in [0.3, 0.4) is 0 Å². The molecule has 1 aliphatic rings. The summed E-state index contributed by atoms with van der Waals surface area (Å²) < 4.78 is 42.5. The van der Waals surface area contributed by atoms with E-state index in [9.17, 15) is 22.8 Å². The van der Waals surface area contributed by atoms with Gasteiger partial charge in [-0.1, -0.05) is 11.8 Å². The molecule has 3 aromatic rings. The van der Waals surface area contributed by atoms with Gasteiger partial charge in [-0.05, 0) is 31.2 Å². The fourth-order valence-electron chi connectivity index (χ4n) is 2.91. The van der Waals surface area contributed by atoms with Crippen LogP contribution in [0.5, 0.6) is 5.75 Å². The number of thiazole rings is 1. The lowest BCUT2D eigenvalue weighted by Gasteiger charge is -2.14. The number of benzene rings is 1. The number of halogens is 3. The van der Waals surface area contributed by atoms with Crippen molar-refractivity contribution < 1.29 is 22.7 Å². The summed E-state index contributed by atoms with van der Waals surface area (Å²) in [5.74, 6) is -0.0146. The van der Waals surface area contributed by atoms with E-state index in [1.54, 1.807) is 0 Å². The molecule has 168 valence electrons. The van der Waals surface area contributed by atoms with Crippen molar-refractivity contribution in [1.29, 1.82) is 0 Å². The van der Waals surface area contributed by atoms with Crippen molar-refractivity contribution in [2.75, 3.05) is 16.8 Å². The maximum atomic E-state index is 13.1. The minimum Gasteiger partial charge on any atom is -0.406 e. The predicted octanol–water partition coefficient (Wildman–Crippen LogP) is 4.28. The minimum atomic E-state index is -4.81. The van der Waals surface area contributed by atoms with E-state index >= 15 is 0 Å². The molecule has 32 heavy (non-hydrogen) atoms. The number of fused-ring (bicyclic) bond motifs is 1. The molecule has 1 aromatic carbocycles. The fourth-order valence-corrected chi connectivity index (χ4v) is 5.47. The van der Waals surface area contributed by atoms with Gasteiger partial charge in [0.25, 0.3) is 5.56 Å². The number of amides is 1. The average Bonchev–Trinajstić information content (AvgIpc) is 3.35. The molecule has 0 aliphatic carbocycles. The number of thioether (sulfide) groups is 2. The van der Waals surface area contributed by atoms with Crippen LogP contribution >= 0.6 is 34.9 Å². The smallest absolute Gasteiger partial charge is 0.406 e. The molecular formula is C19H15F3N4O3S3. The zero-order valence-corrected chi connectivity index (χ0v) is 18.9. The van der Waals surface area contributed by atoms with Crippen molar-refractivity contribution in [1.82, 2.24) is 14.5 Å². The zero-order valence-electron chi connectivity index (χ0n) is 16.4. The highest BCUT2D eigenvalue weighted by Crippen LogP contribution is 2.31. The van der Waals surface area contributed by atoms with E-state index in [4.69, 9.17) is 0 Å². The number of carbonyl (C=O) groups excluding carboxylic acids is 1. The van der Waals surface area contributed by atoms with E-state index in [1.165, 1.54) is 39.8 Å². The van der Waals surface area contributed by atoms with Crippen LogP contribution in [0.2, 0.25) is 0 Å². The topological polar surface area (TPSA) is 86.1 Å². The predicted molar refractivity (Wildman–Crippen MR) is 117 cm³/mol. The number of ether oxygens (including phenoxy) is 1. The Hall–Kier alpha value is -2.51. The number of anilines is 1. The Morgan fingerprint density at radius 1 is 1.28 bits per heavy atom. The van der Waals surface area contributed by atoms with Gasteiger partial charge in [-0.25, -0.2) is 9.97 Å². The van der Waals surface area contributed by atoms with Gasteiger partial charge in [-0.2, -0.15) is 0 Å². The monoisotopic (exact) mass is 500 g/mol. The molecule has 0 atom stereocenters. The number of hydrogen-bond donors (Lipinski definition) is 1. The van der Waals surface area contributed by atoms with E-state index in [0.717, 1.165) is 29.6 Å². The van der Waals surface area contributed by atoms with E-state index in [0.29, 0.717) is 33.6 Å². The number of aryl methyl sites for hydroxylation is 2. The van der Waals surface area contributed by atoms with Gasteiger partial charge >= 0.3 is 6.36 Å². The normalized spacial score (nSPS) is 13.1. The molecule has 0 unspecified atom stereocenters. The van der Waals surface area contributed by atoms with Gasteiger partial charge in [-0.3, -0.25) is 14.2 Å². The highest BCUT2D eigenvalue weighted by atomic mass is 32.2. The molecule has 2 aromatic heterocycles. The van der Waals surface area contributed by atoms with Gasteiger partial charge < -0.3 is 10.1 Å². The third kappa shape index (κ3) is 5.27. The van der Waals surface area contributed by atoms with E-state index in [1.807, 2.05) is 12.3 Å². The number of aromatic nitrogens is 3. The molecule has 1 aliphatic heterocycles. The Morgan fingerprint density at radius 2 is 2.03 bits per heavy atom. The van der Waals surface area contributed by atoms with Crippen LogP contribution in [-0.2, 0) is 11.2 Å². The second-order valence-electron chi connectivity index (χ2n) is 6.58. The maximum absolute atomic E-state index is 13.1. The molecule has 13 heteroatoms. The van der Waals surface area contributed by atoms with Gasteiger partial charge in [0.05, 0.1) is 27.7 Å². The molecule has 7 nitrogen and oxygen atoms in total. The van der Waals surface area contributed by atoms with Gasteiger partial charge in [0.1, 0.15) is 5.75 Å². The molecule has 0 saturated heterocycles. The lowest BCUT2D eigenvalue weighted by atomic mass is 10.3. The van der Waals surface area contributed by atoms with Crippen LogP contribution in [0.15, 0.2) is 44.5 Å². The summed E-state index contributed by atoms with van der Waals surface area (Å²) in [5, 5.41) is 5.26. The Morgan fingerprint density at radius 3 is 2.69 bits per heavy atom. The molecule has 1 amide bonds. The van der Waals surface area contributed by atoms with Crippen LogP contribution in [0.4, 0.5) is 18.3 Å². The second kappa shape index (κ2) is 9.16. The standard InChI is InChI=1S/C19H15F3N4O3S3/c1-10-8-31-17(23-10)25-14(27)9-32-18-24-13-6-7-30-15(13)16(28)26(18)11-2-4-12(5-3-11)29-19(20,21)22/h2-5,8H,6-7,9H2,1H3,(H,23,25,27). The highest BCUT2D eigenvalue weighted by Gasteiger charge is 2.31. The Balaban J connectivity index is 1.60. The third-order valence-electron chi connectivity index (χ3n) is 4.19. The molecule has 0 saturated carbocycles. The van der Waals surface area contributed by atoms with Crippen molar-refractivity contribution in [2.45, 2.75) is 29.8 Å². The van der Waals surface area contributed by atoms with Crippen LogP contribution in [0.25, 0.3) is 5.69 Å². The second-order valence-corrected chi connectivity index (χ2v) is 9.49. The average molecular weight is 501 g/mol. The number of nitrogens with zero attached hydrogens (tertiary/aromatic N) is 3. The first-order chi connectivity index (χ1) is 15.2. The third-order valence-corrected chi connectivity index (χ3v) is 7.11. The van der Waals surface area contributed by atoms with Gasteiger partial charge in [-0.15, -0.1) is 36.3 Å². The maximum Gasteiger partial charge on any atom is 0.573 e. The van der Waals surface area contributed by atoms with Crippen molar-refractivity contribution >= 4 is 45.9 Å². The van der Waals surface area contributed by atoms with Crippen LogP contribution < -0.4 is 15.6 Å². The number of hydrogen-bond acceptors (Lipinski definition) is 8. The molecule has 0 spiro atoms. The summed E-state index contributed by atoms with van der Waals surface area (Å²) in [4.78, 5) is 34.7. The number of rotatable bonds is 6. The lowest BCUT2D eigenvalue weighted by Crippen LogP contribution is -2.24. The SMILES string of the molecule is Cc1csc(NC(=O)CSc2nc3c(c(=O)n2-c2ccc(OC(F)(F)F)cc2)SCC3)n1.